The smallest absolute Gasteiger partial charge is 0.123 e. The van der Waals surface area contributed by atoms with Crippen molar-refractivity contribution in [3.05, 3.63) is 54.1 Å². The molecule has 0 bridgehead atoms. The SMILES string of the molecule is COc1cc(C=NCCSc2ccccc2)cc(OC)c1. The molecular weight excluding hydrogens is 282 g/mol. The van der Waals surface area contributed by atoms with Crippen LogP contribution in [0.1, 0.15) is 5.56 Å². The van der Waals surface area contributed by atoms with Crippen molar-refractivity contribution >= 4 is 18.0 Å². The first-order valence-electron chi connectivity index (χ1n) is 6.72. The fourth-order valence-corrected chi connectivity index (χ4v) is 2.59. The lowest BCUT2D eigenvalue weighted by Crippen LogP contribution is -1.92. The summed E-state index contributed by atoms with van der Waals surface area (Å²) >= 11 is 1.81. The molecule has 2 aromatic carbocycles. The molecule has 0 saturated carbocycles. The molecule has 2 rings (SSSR count). The summed E-state index contributed by atoms with van der Waals surface area (Å²) in [5.41, 5.74) is 0.982. The summed E-state index contributed by atoms with van der Waals surface area (Å²) < 4.78 is 10.5. The van der Waals surface area contributed by atoms with E-state index in [1.54, 1.807) is 14.2 Å². The van der Waals surface area contributed by atoms with E-state index in [1.807, 2.05) is 54.4 Å². The Morgan fingerprint density at radius 2 is 1.67 bits per heavy atom. The van der Waals surface area contributed by atoms with Gasteiger partial charge in [0, 0.05) is 29.5 Å². The quantitative estimate of drug-likeness (QED) is 0.441. The van der Waals surface area contributed by atoms with Crippen LogP contribution in [0.3, 0.4) is 0 Å². The molecule has 0 fully saturated rings. The predicted octanol–water partition coefficient (Wildman–Crippen LogP) is 3.92. The molecule has 0 spiro atoms. The largest absolute Gasteiger partial charge is 0.497 e. The van der Waals surface area contributed by atoms with E-state index in [0.29, 0.717) is 0 Å². The van der Waals surface area contributed by atoms with Gasteiger partial charge < -0.3 is 9.47 Å². The molecule has 3 nitrogen and oxygen atoms in total. The highest BCUT2D eigenvalue weighted by Crippen LogP contribution is 2.21. The van der Waals surface area contributed by atoms with Crippen molar-refractivity contribution in [3.63, 3.8) is 0 Å². The van der Waals surface area contributed by atoms with Crippen molar-refractivity contribution in [2.45, 2.75) is 4.90 Å². The molecule has 0 amide bonds. The van der Waals surface area contributed by atoms with E-state index in [1.165, 1.54) is 4.90 Å². The van der Waals surface area contributed by atoms with E-state index in [9.17, 15) is 0 Å². The maximum absolute atomic E-state index is 5.24. The predicted molar refractivity (Wildman–Crippen MR) is 89.2 cm³/mol. The van der Waals surface area contributed by atoms with Gasteiger partial charge in [0.1, 0.15) is 11.5 Å². The zero-order chi connectivity index (χ0) is 14.9. The van der Waals surface area contributed by atoms with Crippen LogP contribution in [0.5, 0.6) is 11.5 Å². The third kappa shape index (κ3) is 5.16. The summed E-state index contributed by atoms with van der Waals surface area (Å²) in [6.07, 6.45) is 1.86. The van der Waals surface area contributed by atoms with Gasteiger partial charge in [0.05, 0.1) is 14.2 Å². The van der Waals surface area contributed by atoms with Gasteiger partial charge in [-0.05, 0) is 29.8 Å². The molecule has 0 radical (unpaired) electrons. The van der Waals surface area contributed by atoms with Crippen LogP contribution >= 0.6 is 11.8 Å². The molecule has 0 heterocycles. The van der Waals surface area contributed by atoms with Crippen molar-refractivity contribution in [3.8, 4) is 11.5 Å². The minimum absolute atomic E-state index is 0.773. The van der Waals surface area contributed by atoms with Crippen molar-refractivity contribution in [2.24, 2.45) is 4.99 Å². The summed E-state index contributed by atoms with van der Waals surface area (Å²) in [5, 5.41) is 0. The second-order valence-electron chi connectivity index (χ2n) is 4.34. The third-order valence-electron chi connectivity index (χ3n) is 2.85. The highest BCUT2D eigenvalue weighted by Gasteiger charge is 1.99. The Hall–Kier alpha value is -1.94. The highest BCUT2D eigenvalue weighted by atomic mass is 32.2. The molecule has 0 N–H and O–H groups in total. The molecule has 0 aliphatic carbocycles. The number of thioether (sulfide) groups is 1. The number of hydrogen-bond donors (Lipinski definition) is 0. The summed E-state index contributed by atoms with van der Waals surface area (Å²) in [6, 6.07) is 16.1. The van der Waals surface area contributed by atoms with E-state index in [0.717, 1.165) is 29.4 Å². The van der Waals surface area contributed by atoms with E-state index < -0.39 is 0 Å². The van der Waals surface area contributed by atoms with Crippen LogP contribution in [0.2, 0.25) is 0 Å². The molecule has 0 aliphatic heterocycles. The molecule has 110 valence electrons. The van der Waals surface area contributed by atoms with Crippen LogP contribution < -0.4 is 9.47 Å². The Bertz CT molecular complexity index is 562. The minimum atomic E-state index is 0.773. The van der Waals surface area contributed by atoms with Gasteiger partial charge in [-0.1, -0.05) is 18.2 Å². The first kappa shape index (κ1) is 15.4. The molecular formula is C17H19NO2S. The number of aliphatic imine (C=N–C) groups is 1. The van der Waals surface area contributed by atoms with Crippen LogP contribution in [0, 0.1) is 0 Å². The number of rotatable bonds is 7. The second-order valence-corrected chi connectivity index (χ2v) is 5.51. The number of nitrogens with zero attached hydrogens (tertiary/aromatic N) is 1. The first-order valence-corrected chi connectivity index (χ1v) is 7.71. The maximum Gasteiger partial charge on any atom is 0.123 e. The van der Waals surface area contributed by atoms with Gasteiger partial charge in [-0.25, -0.2) is 0 Å². The van der Waals surface area contributed by atoms with Gasteiger partial charge in [-0.3, -0.25) is 4.99 Å². The number of ether oxygens (including phenoxy) is 2. The lowest BCUT2D eigenvalue weighted by atomic mass is 10.2. The van der Waals surface area contributed by atoms with E-state index >= 15 is 0 Å². The maximum atomic E-state index is 5.24. The van der Waals surface area contributed by atoms with E-state index in [-0.39, 0.29) is 0 Å². The number of methoxy groups -OCH3 is 2. The Morgan fingerprint density at radius 1 is 1.00 bits per heavy atom. The summed E-state index contributed by atoms with van der Waals surface area (Å²) in [7, 11) is 3.29. The Morgan fingerprint density at radius 3 is 2.29 bits per heavy atom. The minimum Gasteiger partial charge on any atom is -0.497 e. The normalized spacial score (nSPS) is 10.8. The fraction of sp³-hybridized carbons (Fsp3) is 0.235. The fourth-order valence-electron chi connectivity index (χ4n) is 1.81. The third-order valence-corrected chi connectivity index (χ3v) is 3.84. The summed E-state index contributed by atoms with van der Waals surface area (Å²) in [5.74, 6) is 2.51. The molecule has 21 heavy (non-hydrogen) atoms. The van der Waals surface area contributed by atoms with Crippen molar-refractivity contribution in [2.75, 3.05) is 26.5 Å². The zero-order valence-electron chi connectivity index (χ0n) is 12.3. The molecule has 0 unspecified atom stereocenters. The monoisotopic (exact) mass is 301 g/mol. The molecule has 0 aliphatic rings. The second kappa shape index (κ2) is 8.37. The van der Waals surface area contributed by atoms with E-state index in [4.69, 9.17) is 9.47 Å². The average Bonchev–Trinajstić information content (AvgIpc) is 2.55. The first-order chi connectivity index (χ1) is 10.3. The Balaban J connectivity index is 1.86. The average molecular weight is 301 g/mol. The van der Waals surface area contributed by atoms with Gasteiger partial charge >= 0.3 is 0 Å². The van der Waals surface area contributed by atoms with Gasteiger partial charge in [0.25, 0.3) is 0 Å². The molecule has 0 atom stereocenters. The molecule has 0 saturated heterocycles. The number of benzene rings is 2. The van der Waals surface area contributed by atoms with Crippen molar-refractivity contribution in [1.82, 2.24) is 0 Å². The molecule has 2 aromatic rings. The van der Waals surface area contributed by atoms with Crippen LogP contribution in [0.4, 0.5) is 0 Å². The van der Waals surface area contributed by atoms with Crippen LogP contribution in [-0.2, 0) is 0 Å². The van der Waals surface area contributed by atoms with E-state index in [2.05, 4.69) is 17.1 Å². The Kier molecular flexibility index (Phi) is 6.16. The van der Waals surface area contributed by atoms with Gasteiger partial charge in [-0.2, -0.15) is 0 Å². The van der Waals surface area contributed by atoms with Gasteiger partial charge in [0.15, 0.2) is 0 Å². The zero-order valence-corrected chi connectivity index (χ0v) is 13.1. The highest BCUT2D eigenvalue weighted by molar-refractivity contribution is 7.99. The lowest BCUT2D eigenvalue weighted by Gasteiger charge is -2.05. The molecule has 0 aromatic heterocycles. The topological polar surface area (TPSA) is 30.8 Å². The standard InChI is InChI=1S/C17H19NO2S/c1-19-15-10-14(11-16(12-15)20-2)13-18-8-9-21-17-6-4-3-5-7-17/h3-7,10-13H,8-9H2,1-2H3. The van der Waals surface area contributed by atoms with Crippen LogP contribution in [0.25, 0.3) is 0 Å². The van der Waals surface area contributed by atoms with Crippen LogP contribution in [-0.4, -0.2) is 32.7 Å². The van der Waals surface area contributed by atoms with Crippen LogP contribution in [0.15, 0.2) is 58.4 Å². The Labute approximate surface area is 130 Å². The van der Waals surface area contributed by atoms with Crippen molar-refractivity contribution < 1.29 is 9.47 Å². The summed E-state index contributed by atoms with van der Waals surface area (Å²) in [4.78, 5) is 5.72. The lowest BCUT2D eigenvalue weighted by molar-refractivity contribution is 0.394. The molecule has 4 heteroatoms. The van der Waals surface area contributed by atoms with Crippen molar-refractivity contribution in [1.29, 1.82) is 0 Å². The summed E-state index contributed by atoms with van der Waals surface area (Å²) in [6.45, 7) is 0.777. The number of hydrogen-bond acceptors (Lipinski definition) is 4. The van der Waals surface area contributed by atoms with Gasteiger partial charge in [-0.15, -0.1) is 11.8 Å². The van der Waals surface area contributed by atoms with Gasteiger partial charge in [0.2, 0.25) is 0 Å².